The number of carbonyl (C=O) groups excluding carboxylic acids is 2. The summed E-state index contributed by atoms with van der Waals surface area (Å²) < 4.78 is 0. The average molecular weight is 399 g/mol. The molecule has 0 aliphatic carbocycles. The molecule has 0 N–H and O–H groups in total. The van der Waals surface area contributed by atoms with Gasteiger partial charge in [-0.05, 0) is 36.5 Å². The van der Waals surface area contributed by atoms with Gasteiger partial charge in [-0.25, -0.2) is 19.4 Å². The van der Waals surface area contributed by atoms with Gasteiger partial charge in [0.1, 0.15) is 0 Å². The van der Waals surface area contributed by atoms with Crippen molar-refractivity contribution >= 4 is 11.9 Å². The second kappa shape index (κ2) is 11.8. The summed E-state index contributed by atoms with van der Waals surface area (Å²) in [6.07, 6.45) is 5.38. The van der Waals surface area contributed by atoms with Crippen LogP contribution in [0.25, 0.3) is 0 Å². The molecule has 0 fully saturated rings. The molecule has 0 rings (SSSR count). The highest BCUT2D eigenvalue weighted by Gasteiger charge is 2.49. The van der Waals surface area contributed by atoms with Crippen molar-refractivity contribution in [1.82, 2.24) is 0 Å². The second-order valence-corrected chi connectivity index (χ2v) is 9.65. The summed E-state index contributed by atoms with van der Waals surface area (Å²) in [5.74, 6) is -0.404. The number of hydrogen-bond acceptors (Lipinski definition) is 4. The number of hydrogen-bond donors (Lipinski definition) is 0. The molecule has 0 bridgehead atoms. The van der Waals surface area contributed by atoms with Gasteiger partial charge in [0.2, 0.25) is 0 Å². The molecule has 0 aromatic heterocycles. The molecule has 0 saturated carbocycles. The lowest BCUT2D eigenvalue weighted by molar-refractivity contribution is -0.281. The van der Waals surface area contributed by atoms with Crippen LogP contribution in [0.2, 0.25) is 0 Å². The lowest BCUT2D eigenvalue weighted by Gasteiger charge is -2.40. The van der Waals surface area contributed by atoms with E-state index < -0.39 is 22.8 Å². The fourth-order valence-electron chi connectivity index (χ4n) is 4.80. The van der Waals surface area contributed by atoms with Gasteiger partial charge in [0.25, 0.3) is 0 Å². The van der Waals surface area contributed by atoms with E-state index in [0.29, 0.717) is 0 Å². The van der Waals surface area contributed by atoms with E-state index in [0.717, 1.165) is 38.5 Å². The average Bonchev–Trinajstić information content (AvgIpc) is 2.59. The van der Waals surface area contributed by atoms with Crippen LogP contribution in [-0.2, 0) is 19.4 Å². The van der Waals surface area contributed by atoms with Crippen molar-refractivity contribution in [2.75, 3.05) is 0 Å². The van der Waals surface area contributed by atoms with E-state index in [4.69, 9.17) is 9.78 Å². The molecule has 0 atom stereocenters. The summed E-state index contributed by atoms with van der Waals surface area (Å²) in [4.78, 5) is 36.9. The largest absolute Gasteiger partial charge is 0.362 e. The summed E-state index contributed by atoms with van der Waals surface area (Å²) >= 11 is 0. The maximum Gasteiger partial charge on any atom is 0.362 e. The first kappa shape index (κ1) is 26.9. The highest BCUT2D eigenvalue weighted by atomic mass is 17.2. The second-order valence-electron chi connectivity index (χ2n) is 9.65. The van der Waals surface area contributed by atoms with Crippen molar-refractivity contribution in [3.05, 3.63) is 0 Å². The normalized spacial score (nSPS) is 12.9. The van der Waals surface area contributed by atoms with Gasteiger partial charge >= 0.3 is 11.9 Å². The Balaban J connectivity index is 5.58. The molecule has 0 aliphatic rings. The molecule has 0 saturated heterocycles. The van der Waals surface area contributed by atoms with Crippen LogP contribution >= 0.6 is 0 Å². The van der Waals surface area contributed by atoms with E-state index in [9.17, 15) is 9.59 Å². The molecule has 0 unspecified atom stereocenters. The molecule has 0 radical (unpaired) electrons. The SMILES string of the molecule is CCCCC(C(=O)OOC(=O)C(CCCC)(C(C)C)C(C)C)(C(C)C)C(C)C. The summed E-state index contributed by atoms with van der Waals surface area (Å²) in [6, 6.07) is 0. The summed E-state index contributed by atoms with van der Waals surface area (Å²) in [6.45, 7) is 20.6. The molecule has 4 nitrogen and oxygen atoms in total. The predicted octanol–water partition coefficient (Wildman–Crippen LogP) is 6.97. The van der Waals surface area contributed by atoms with Gasteiger partial charge < -0.3 is 0 Å². The zero-order valence-electron chi connectivity index (χ0n) is 20.2. The first-order valence-electron chi connectivity index (χ1n) is 11.4. The number of rotatable bonds is 12. The third-order valence-electron chi connectivity index (χ3n) is 6.96. The van der Waals surface area contributed by atoms with Crippen LogP contribution in [0, 0.1) is 34.5 Å². The third kappa shape index (κ3) is 5.73. The molecule has 0 aromatic carbocycles. The van der Waals surface area contributed by atoms with E-state index in [2.05, 4.69) is 13.8 Å². The molecule has 0 aromatic rings. The topological polar surface area (TPSA) is 52.6 Å². The Hall–Kier alpha value is -1.06. The van der Waals surface area contributed by atoms with Crippen LogP contribution in [0.4, 0.5) is 0 Å². The Kier molecular flexibility index (Phi) is 11.4. The fraction of sp³-hybridized carbons (Fsp3) is 0.917. The fourth-order valence-corrected chi connectivity index (χ4v) is 4.80. The van der Waals surface area contributed by atoms with Crippen molar-refractivity contribution in [2.45, 2.75) is 108 Å². The maximum absolute atomic E-state index is 13.1. The van der Waals surface area contributed by atoms with Gasteiger partial charge in [0.05, 0.1) is 10.8 Å². The van der Waals surface area contributed by atoms with Crippen LogP contribution in [0.15, 0.2) is 0 Å². The molecule has 0 aliphatic heterocycles. The Morgan fingerprint density at radius 2 is 0.857 bits per heavy atom. The minimum Gasteiger partial charge on any atom is -0.247 e. The molecule has 0 spiro atoms. The van der Waals surface area contributed by atoms with Crippen molar-refractivity contribution in [3.63, 3.8) is 0 Å². The molecule has 0 heterocycles. The standard InChI is InChI=1S/C24H46O4/c1-11-13-15-23(17(3)4,18(5)6)21(25)27-28-22(26)24(19(7)8,20(9)10)16-14-12-2/h17-20H,11-16H2,1-10H3. The van der Waals surface area contributed by atoms with Crippen molar-refractivity contribution in [1.29, 1.82) is 0 Å². The molecular weight excluding hydrogens is 352 g/mol. The van der Waals surface area contributed by atoms with Crippen molar-refractivity contribution in [2.24, 2.45) is 34.5 Å². The Labute approximate surface area is 174 Å². The maximum atomic E-state index is 13.1. The summed E-state index contributed by atoms with van der Waals surface area (Å²) in [5.41, 5.74) is -1.28. The summed E-state index contributed by atoms with van der Waals surface area (Å²) in [5, 5.41) is 0. The van der Waals surface area contributed by atoms with Gasteiger partial charge in [-0.15, -0.1) is 0 Å². The van der Waals surface area contributed by atoms with Gasteiger partial charge in [-0.3, -0.25) is 0 Å². The van der Waals surface area contributed by atoms with Crippen molar-refractivity contribution in [3.8, 4) is 0 Å². The minimum atomic E-state index is -0.641. The molecule has 0 amide bonds. The highest BCUT2D eigenvalue weighted by molar-refractivity contribution is 5.80. The van der Waals surface area contributed by atoms with Crippen molar-refractivity contribution < 1.29 is 19.4 Å². The van der Waals surface area contributed by atoms with Gasteiger partial charge in [0, 0.05) is 0 Å². The minimum absolute atomic E-state index is 0.102. The quantitative estimate of drug-likeness (QED) is 0.263. The Morgan fingerprint density at radius 1 is 0.607 bits per heavy atom. The Morgan fingerprint density at radius 3 is 1.04 bits per heavy atom. The first-order chi connectivity index (χ1) is 12.9. The number of unbranched alkanes of at least 4 members (excludes halogenated alkanes) is 2. The molecule has 28 heavy (non-hydrogen) atoms. The predicted molar refractivity (Wildman–Crippen MR) is 115 cm³/mol. The smallest absolute Gasteiger partial charge is 0.247 e. The Bertz CT molecular complexity index is 417. The monoisotopic (exact) mass is 398 g/mol. The van der Waals surface area contributed by atoms with Crippen LogP contribution < -0.4 is 0 Å². The number of carbonyl (C=O) groups is 2. The van der Waals surface area contributed by atoms with Gasteiger partial charge in [-0.1, -0.05) is 94.9 Å². The highest BCUT2D eigenvalue weighted by Crippen LogP contribution is 2.44. The van der Waals surface area contributed by atoms with Crippen LogP contribution in [0.3, 0.4) is 0 Å². The van der Waals surface area contributed by atoms with E-state index >= 15 is 0 Å². The van der Waals surface area contributed by atoms with Crippen LogP contribution in [0.1, 0.15) is 108 Å². The summed E-state index contributed by atoms with van der Waals surface area (Å²) in [7, 11) is 0. The van der Waals surface area contributed by atoms with Gasteiger partial charge in [-0.2, -0.15) is 0 Å². The van der Waals surface area contributed by atoms with Gasteiger partial charge in [0.15, 0.2) is 0 Å². The molecule has 4 heteroatoms. The van der Waals surface area contributed by atoms with E-state index in [1.807, 2.05) is 55.4 Å². The van der Waals surface area contributed by atoms with E-state index in [1.165, 1.54) is 0 Å². The molecular formula is C24H46O4. The third-order valence-corrected chi connectivity index (χ3v) is 6.96. The van der Waals surface area contributed by atoms with E-state index in [1.54, 1.807) is 0 Å². The van der Waals surface area contributed by atoms with Crippen LogP contribution in [-0.4, -0.2) is 11.9 Å². The lowest BCUT2D eigenvalue weighted by atomic mass is 9.66. The first-order valence-corrected chi connectivity index (χ1v) is 11.4. The zero-order chi connectivity index (χ0) is 22.1. The molecule has 166 valence electrons. The van der Waals surface area contributed by atoms with E-state index in [-0.39, 0.29) is 23.7 Å². The lowest BCUT2D eigenvalue weighted by Crippen LogP contribution is -2.46. The van der Waals surface area contributed by atoms with Crippen LogP contribution in [0.5, 0.6) is 0 Å². The zero-order valence-corrected chi connectivity index (χ0v) is 20.2.